The Morgan fingerprint density at radius 2 is 2.07 bits per heavy atom. The highest BCUT2D eigenvalue weighted by atomic mass is 35.5. The number of halogens is 1. The van der Waals surface area contributed by atoms with Crippen molar-refractivity contribution in [2.75, 3.05) is 20.8 Å². The predicted octanol–water partition coefficient (Wildman–Crippen LogP) is 2.36. The van der Waals surface area contributed by atoms with E-state index < -0.39 is 0 Å². The number of hydrogen-bond acceptors (Lipinski definition) is 3. The molecule has 0 fully saturated rings. The van der Waals surface area contributed by atoms with E-state index in [1.807, 2.05) is 0 Å². The molecule has 1 aromatic rings. The Labute approximate surface area is 93.9 Å². The van der Waals surface area contributed by atoms with Gasteiger partial charge >= 0.3 is 0 Å². The Hall–Kier alpha value is -1.19. The Kier molecular flexibility index (Phi) is 4.46. The van der Waals surface area contributed by atoms with Crippen LogP contribution in [0.3, 0.4) is 0 Å². The van der Waals surface area contributed by atoms with Crippen molar-refractivity contribution in [2.24, 2.45) is 0 Å². The molecule has 0 aliphatic heterocycles. The van der Waals surface area contributed by atoms with Gasteiger partial charge in [-0.3, -0.25) is 0 Å². The van der Waals surface area contributed by atoms with Crippen LogP contribution in [-0.4, -0.2) is 25.9 Å². The lowest BCUT2D eigenvalue weighted by molar-refractivity contribution is 0.343. The first-order valence-electron chi connectivity index (χ1n) is 4.42. The smallest absolute Gasteiger partial charge is 0.179 e. The summed E-state index contributed by atoms with van der Waals surface area (Å²) in [5.74, 6) is 1.09. The van der Waals surface area contributed by atoms with Gasteiger partial charge in [0.25, 0.3) is 0 Å². The first-order valence-corrected chi connectivity index (χ1v) is 4.80. The van der Waals surface area contributed by atoms with Gasteiger partial charge in [0.2, 0.25) is 0 Å². The summed E-state index contributed by atoms with van der Waals surface area (Å²) in [6.45, 7) is -0.0231. The Morgan fingerprint density at radius 3 is 2.60 bits per heavy atom. The summed E-state index contributed by atoms with van der Waals surface area (Å²) in [5, 5.41) is 9.13. The molecule has 0 aliphatic carbocycles. The predicted molar refractivity (Wildman–Crippen MR) is 60.7 cm³/mol. The molecule has 0 saturated carbocycles. The minimum absolute atomic E-state index is 0.0231. The lowest BCUT2D eigenvalue weighted by atomic mass is 10.2. The van der Waals surface area contributed by atoms with Crippen LogP contribution in [0.15, 0.2) is 18.2 Å². The maximum absolute atomic E-state index is 8.66. The second kappa shape index (κ2) is 5.63. The topological polar surface area (TPSA) is 38.7 Å². The Balaban J connectivity index is 3.17. The molecule has 1 aromatic carbocycles. The van der Waals surface area contributed by atoms with E-state index in [0.29, 0.717) is 16.5 Å². The number of hydrogen-bond donors (Lipinski definition) is 1. The van der Waals surface area contributed by atoms with E-state index in [-0.39, 0.29) is 6.61 Å². The van der Waals surface area contributed by atoms with E-state index in [2.05, 4.69) is 0 Å². The highest BCUT2D eigenvalue weighted by molar-refractivity contribution is 6.33. The van der Waals surface area contributed by atoms with Crippen LogP contribution in [0, 0.1) is 0 Å². The molecule has 0 spiro atoms. The number of benzene rings is 1. The first-order chi connectivity index (χ1) is 7.24. The summed E-state index contributed by atoms with van der Waals surface area (Å²) in [6, 6.07) is 3.57. The molecule has 4 heteroatoms. The molecule has 0 aromatic heterocycles. The molecule has 0 amide bonds. The molecule has 0 saturated heterocycles. The van der Waals surface area contributed by atoms with Crippen molar-refractivity contribution in [3.63, 3.8) is 0 Å². The van der Waals surface area contributed by atoms with E-state index in [1.165, 1.54) is 7.11 Å². The maximum Gasteiger partial charge on any atom is 0.179 e. The Bertz CT molecular complexity index is 361. The van der Waals surface area contributed by atoms with Crippen LogP contribution in [0.2, 0.25) is 5.02 Å². The van der Waals surface area contributed by atoms with Crippen LogP contribution in [-0.2, 0) is 0 Å². The molecule has 0 atom stereocenters. The SMILES string of the molecule is COc1ccc(C=CCO)c(Cl)c1OC. The molecule has 82 valence electrons. The van der Waals surface area contributed by atoms with E-state index in [1.54, 1.807) is 31.4 Å². The lowest BCUT2D eigenvalue weighted by Gasteiger charge is -2.10. The van der Waals surface area contributed by atoms with E-state index in [9.17, 15) is 0 Å². The normalized spacial score (nSPS) is 10.7. The fraction of sp³-hybridized carbons (Fsp3) is 0.273. The van der Waals surface area contributed by atoms with Gasteiger partial charge in [-0.1, -0.05) is 23.8 Å². The van der Waals surface area contributed by atoms with E-state index in [4.69, 9.17) is 26.2 Å². The van der Waals surface area contributed by atoms with Crippen molar-refractivity contribution >= 4 is 17.7 Å². The summed E-state index contributed by atoms with van der Waals surface area (Å²) in [4.78, 5) is 0. The summed E-state index contributed by atoms with van der Waals surface area (Å²) >= 11 is 6.09. The number of ether oxygens (including phenoxy) is 2. The van der Waals surface area contributed by atoms with Gasteiger partial charge in [-0.15, -0.1) is 0 Å². The average Bonchev–Trinajstić information content (AvgIpc) is 2.27. The first kappa shape index (κ1) is 11.9. The van der Waals surface area contributed by atoms with Crippen molar-refractivity contribution in [3.8, 4) is 11.5 Å². The van der Waals surface area contributed by atoms with Crippen LogP contribution in [0.5, 0.6) is 11.5 Å². The zero-order chi connectivity index (χ0) is 11.3. The summed E-state index contributed by atoms with van der Waals surface area (Å²) in [6.07, 6.45) is 3.33. The molecule has 3 nitrogen and oxygen atoms in total. The Morgan fingerprint density at radius 1 is 1.33 bits per heavy atom. The van der Waals surface area contributed by atoms with Crippen LogP contribution >= 0.6 is 11.6 Å². The van der Waals surface area contributed by atoms with Gasteiger partial charge in [-0.2, -0.15) is 0 Å². The second-order valence-corrected chi connectivity index (χ2v) is 3.17. The molecule has 1 rings (SSSR count). The van der Waals surface area contributed by atoms with Crippen LogP contribution in [0.4, 0.5) is 0 Å². The molecule has 0 aliphatic rings. The van der Waals surface area contributed by atoms with Crippen molar-refractivity contribution in [2.45, 2.75) is 0 Å². The largest absolute Gasteiger partial charge is 0.493 e. The van der Waals surface area contributed by atoms with Crippen LogP contribution < -0.4 is 9.47 Å². The van der Waals surface area contributed by atoms with Crippen molar-refractivity contribution in [1.82, 2.24) is 0 Å². The molecule has 15 heavy (non-hydrogen) atoms. The van der Waals surface area contributed by atoms with Crippen LogP contribution in [0.25, 0.3) is 6.08 Å². The monoisotopic (exact) mass is 228 g/mol. The van der Waals surface area contributed by atoms with Gasteiger partial charge in [0.05, 0.1) is 25.8 Å². The maximum atomic E-state index is 8.66. The van der Waals surface area contributed by atoms with Gasteiger partial charge in [0.15, 0.2) is 11.5 Å². The molecule has 0 heterocycles. The van der Waals surface area contributed by atoms with Gasteiger partial charge in [0, 0.05) is 0 Å². The second-order valence-electron chi connectivity index (χ2n) is 2.79. The highest BCUT2D eigenvalue weighted by Gasteiger charge is 2.10. The molecule has 1 N–H and O–H groups in total. The van der Waals surface area contributed by atoms with Crippen LogP contribution in [0.1, 0.15) is 5.56 Å². The van der Waals surface area contributed by atoms with Crippen molar-refractivity contribution < 1.29 is 14.6 Å². The summed E-state index contributed by atoms with van der Waals surface area (Å²) in [5.41, 5.74) is 0.781. The third-order valence-electron chi connectivity index (χ3n) is 1.92. The zero-order valence-corrected chi connectivity index (χ0v) is 9.41. The minimum atomic E-state index is -0.0231. The third-order valence-corrected chi connectivity index (χ3v) is 2.31. The molecule has 0 radical (unpaired) electrons. The number of rotatable bonds is 4. The average molecular weight is 229 g/mol. The van der Waals surface area contributed by atoms with Gasteiger partial charge in [-0.05, 0) is 17.7 Å². The molecule has 0 bridgehead atoms. The van der Waals surface area contributed by atoms with Gasteiger partial charge in [0.1, 0.15) is 0 Å². The van der Waals surface area contributed by atoms with Crippen molar-refractivity contribution in [1.29, 1.82) is 0 Å². The minimum Gasteiger partial charge on any atom is -0.493 e. The highest BCUT2D eigenvalue weighted by Crippen LogP contribution is 2.37. The molecule has 0 unspecified atom stereocenters. The summed E-state index contributed by atoms with van der Waals surface area (Å²) in [7, 11) is 3.08. The fourth-order valence-electron chi connectivity index (χ4n) is 1.21. The summed E-state index contributed by atoms with van der Waals surface area (Å²) < 4.78 is 10.2. The fourth-order valence-corrected chi connectivity index (χ4v) is 1.51. The molecular weight excluding hydrogens is 216 g/mol. The molecular formula is C11H13ClO3. The zero-order valence-electron chi connectivity index (χ0n) is 8.66. The third kappa shape index (κ3) is 2.64. The van der Waals surface area contributed by atoms with Crippen molar-refractivity contribution in [3.05, 3.63) is 28.8 Å². The van der Waals surface area contributed by atoms with E-state index >= 15 is 0 Å². The van der Waals surface area contributed by atoms with Gasteiger partial charge < -0.3 is 14.6 Å². The quantitative estimate of drug-likeness (QED) is 0.860. The number of aliphatic hydroxyl groups is 1. The standard InChI is InChI=1S/C11H13ClO3/c1-14-9-6-5-8(4-3-7-13)10(12)11(9)15-2/h3-6,13H,7H2,1-2H3. The van der Waals surface area contributed by atoms with E-state index in [0.717, 1.165) is 5.56 Å². The lowest BCUT2D eigenvalue weighted by Crippen LogP contribution is -1.92. The number of methoxy groups -OCH3 is 2. The number of aliphatic hydroxyl groups excluding tert-OH is 1. The van der Waals surface area contributed by atoms with Gasteiger partial charge in [-0.25, -0.2) is 0 Å².